The molecular formula is C12H13FN2O2S. The number of likely N-dealkylation sites (N-methyl/N-ethyl adjacent to an activating group) is 1. The lowest BCUT2D eigenvalue weighted by Crippen LogP contribution is -2.40. The number of thiol groups is 1. The SMILES string of the molecule is CN1CCC(NC(=O)c2cc(S)ccc2F)C1=O. The molecule has 1 aliphatic rings. The van der Waals surface area contributed by atoms with E-state index in [0.29, 0.717) is 17.9 Å². The number of rotatable bonds is 2. The van der Waals surface area contributed by atoms with Crippen molar-refractivity contribution in [3.05, 3.63) is 29.6 Å². The van der Waals surface area contributed by atoms with Crippen molar-refractivity contribution in [1.29, 1.82) is 0 Å². The van der Waals surface area contributed by atoms with E-state index in [1.807, 2.05) is 0 Å². The lowest BCUT2D eigenvalue weighted by atomic mass is 10.1. The maximum absolute atomic E-state index is 13.5. The Balaban J connectivity index is 2.13. The molecular weight excluding hydrogens is 255 g/mol. The number of halogens is 1. The van der Waals surface area contributed by atoms with Crippen molar-refractivity contribution >= 4 is 24.4 Å². The molecule has 0 saturated carbocycles. The number of likely N-dealkylation sites (tertiary alicyclic amines) is 1. The molecule has 1 N–H and O–H groups in total. The average Bonchev–Trinajstić information content (AvgIpc) is 2.64. The van der Waals surface area contributed by atoms with E-state index < -0.39 is 17.8 Å². The van der Waals surface area contributed by atoms with Crippen molar-refractivity contribution in [3.63, 3.8) is 0 Å². The van der Waals surface area contributed by atoms with Crippen LogP contribution in [0.4, 0.5) is 4.39 Å². The van der Waals surface area contributed by atoms with Crippen LogP contribution in [0.5, 0.6) is 0 Å². The Kier molecular flexibility index (Phi) is 3.56. The molecule has 1 aliphatic heterocycles. The third-order valence-corrected chi connectivity index (χ3v) is 3.21. The zero-order chi connectivity index (χ0) is 13.3. The highest BCUT2D eigenvalue weighted by molar-refractivity contribution is 7.80. The quantitative estimate of drug-likeness (QED) is 0.788. The first kappa shape index (κ1) is 12.9. The normalized spacial score (nSPS) is 19.2. The zero-order valence-electron chi connectivity index (χ0n) is 9.81. The molecule has 0 bridgehead atoms. The Morgan fingerprint density at radius 2 is 2.28 bits per heavy atom. The summed E-state index contributed by atoms with van der Waals surface area (Å²) in [6.07, 6.45) is 0.545. The van der Waals surface area contributed by atoms with E-state index in [4.69, 9.17) is 0 Å². The highest BCUT2D eigenvalue weighted by atomic mass is 32.1. The van der Waals surface area contributed by atoms with E-state index in [1.165, 1.54) is 23.1 Å². The predicted molar refractivity (Wildman–Crippen MR) is 67.2 cm³/mol. The van der Waals surface area contributed by atoms with Gasteiger partial charge in [0, 0.05) is 18.5 Å². The van der Waals surface area contributed by atoms with E-state index >= 15 is 0 Å². The van der Waals surface area contributed by atoms with Gasteiger partial charge in [0.25, 0.3) is 5.91 Å². The summed E-state index contributed by atoms with van der Waals surface area (Å²) in [4.78, 5) is 25.5. The number of nitrogens with zero attached hydrogens (tertiary/aromatic N) is 1. The molecule has 1 fully saturated rings. The van der Waals surface area contributed by atoms with Gasteiger partial charge < -0.3 is 10.2 Å². The fraction of sp³-hybridized carbons (Fsp3) is 0.333. The van der Waals surface area contributed by atoms with Gasteiger partial charge in [0.05, 0.1) is 5.56 Å². The van der Waals surface area contributed by atoms with Gasteiger partial charge >= 0.3 is 0 Å². The topological polar surface area (TPSA) is 49.4 Å². The van der Waals surface area contributed by atoms with E-state index in [2.05, 4.69) is 17.9 Å². The van der Waals surface area contributed by atoms with Crippen molar-refractivity contribution in [3.8, 4) is 0 Å². The summed E-state index contributed by atoms with van der Waals surface area (Å²) in [5.74, 6) is -1.35. The summed E-state index contributed by atoms with van der Waals surface area (Å²) >= 11 is 4.05. The summed E-state index contributed by atoms with van der Waals surface area (Å²) < 4.78 is 13.5. The van der Waals surface area contributed by atoms with Crippen LogP contribution in [0.25, 0.3) is 0 Å². The van der Waals surface area contributed by atoms with Gasteiger partial charge in [-0.05, 0) is 24.6 Å². The first-order chi connectivity index (χ1) is 8.49. The molecule has 1 atom stereocenters. The van der Waals surface area contributed by atoms with Gasteiger partial charge in [-0.3, -0.25) is 9.59 Å². The molecule has 1 aromatic carbocycles. The number of carbonyl (C=O) groups excluding carboxylic acids is 2. The molecule has 1 aromatic rings. The minimum Gasteiger partial charge on any atom is -0.344 e. The van der Waals surface area contributed by atoms with Crippen molar-refractivity contribution in [1.82, 2.24) is 10.2 Å². The molecule has 1 unspecified atom stereocenters. The van der Waals surface area contributed by atoms with Crippen LogP contribution in [0.3, 0.4) is 0 Å². The lowest BCUT2D eigenvalue weighted by molar-refractivity contribution is -0.128. The van der Waals surface area contributed by atoms with Gasteiger partial charge in [-0.2, -0.15) is 0 Å². The average molecular weight is 268 g/mol. The molecule has 1 saturated heterocycles. The first-order valence-electron chi connectivity index (χ1n) is 5.53. The maximum atomic E-state index is 13.5. The van der Waals surface area contributed by atoms with Crippen LogP contribution in [0.2, 0.25) is 0 Å². The Bertz CT molecular complexity index is 507. The van der Waals surface area contributed by atoms with E-state index in [9.17, 15) is 14.0 Å². The van der Waals surface area contributed by atoms with Gasteiger partial charge in [-0.15, -0.1) is 12.6 Å². The Morgan fingerprint density at radius 3 is 2.89 bits per heavy atom. The Morgan fingerprint density at radius 1 is 1.56 bits per heavy atom. The fourth-order valence-electron chi connectivity index (χ4n) is 1.88. The van der Waals surface area contributed by atoms with Crippen LogP contribution in [-0.4, -0.2) is 36.3 Å². The van der Waals surface area contributed by atoms with Crippen molar-refractivity contribution in [2.75, 3.05) is 13.6 Å². The largest absolute Gasteiger partial charge is 0.344 e. The smallest absolute Gasteiger partial charge is 0.254 e. The number of nitrogens with one attached hydrogen (secondary N) is 1. The number of benzene rings is 1. The van der Waals surface area contributed by atoms with Crippen LogP contribution in [0.15, 0.2) is 23.1 Å². The van der Waals surface area contributed by atoms with Crippen LogP contribution < -0.4 is 5.32 Å². The Labute approximate surface area is 110 Å². The molecule has 0 spiro atoms. The second kappa shape index (κ2) is 4.97. The van der Waals surface area contributed by atoms with Crippen LogP contribution in [0, 0.1) is 5.82 Å². The minimum atomic E-state index is -0.621. The number of hydrogen-bond acceptors (Lipinski definition) is 3. The summed E-state index contributed by atoms with van der Waals surface area (Å²) in [6, 6.07) is 3.42. The second-order valence-corrected chi connectivity index (χ2v) is 4.76. The molecule has 1 heterocycles. The molecule has 96 valence electrons. The van der Waals surface area contributed by atoms with Gasteiger partial charge in [0.15, 0.2) is 0 Å². The molecule has 0 aliphatic carbocycles. The number of carbonyl (C=O) groups is 2. The van der Waals surface area contributed by atoms with Gasteiger partial charge in [-0.1, -0.05) is 0 Å². The Hall–Kier alpha value is -1.56. The summed E-state index contributed by atoms with van der Waals surface area (Å²) in [6.45, 7) is 0.596. The van der Waals surface area contributed by atoms with Gasteiger partial charge in [0.2, 0.25) is 5.91 Å². The summed E-state index contributed by atoms with van der Waals surface area (Å²) in [7, 11) is 1.67. The predicted octanol–water partition coefficient (Wildman–Crippen LogP) is 1.07. The summed E-state index contributed by atoms with van der Waals surface area (Å²) in [5.41, 5.74) is -0.0927. The molecule has 0 radical (unpaired) electrons. The van der Waals surface area contributed by atoms with Crippen molar-refractivity contribution in [2.45, 2.75) is 17.4 Å². The standard InChI is InChI=1S/C12H13FN2O2S/c1-15-5-4-10(12(15)17)14-11(16)8-6-7(18)2-3-9(8)13/h2-3,6,10,18H,4-5H2,1H3,(H,14,16). The third kappa shape index (κ3) is 2.48. The number of hydrogen-bond donors (Lipinski definition) is 2. The monoisotopic (exact) mass is 268 g/mol. The fourth-order valence-corrected chi connectivity index (χ4v) is 2.08. The van der Waals surface area contributed by atoms with Crippen LogP contribution >= 0.6 is 12.6 Å². The molecule has 0 aromatic heterocycles. The molecule has 2 amide bonds. The number of amides is 2. The van der Waals surface area contributed by atoms with Crippen LogP contribution in [-0.2, 0) is 4.79 Å². The highest BCUT2D eigenvalue weighted by Gasteiger charge is 2.30. The maximum Gasteiger partial charge on any atom is 0.254 e. The van der Waals surface area contributed by atoms with Crippen molar-refractivity contribution < 1.29 is 14.0 Å². The lowest BCUT2D eigenvalue weighted by Gasteiger charge is -2.12. The molecule has 18 heavy (non-hydrogen) atoms. The van der Waals surface area contributed by atoms with Crippen molar-refractivity contribution in [2.24, 2.45) is 0 Å². The highest BCUT2D eigenvalue weighted by Crippen LogP contribution is 2.15. The molecule has 2 rings (SSSR count). The minimum absolute atomic E-state index is 0.0927. The van der Waals surface area contributed by atoms with E-state index in [-0.39, 0.29) is 11.5 Å². The molecule has 6 heteroatoms. The van der Waals surface area contributed by atoms with Gasteiger partial charge in [-0.25, -0.2) is 4.39 Å². The molecule has 4 nitrogen and oxygen atoms in total. The zero-order valence-corrected chi connectivity index (χ0v) is 10.7. The van der Waals surface area contributed by atoms with E-state index in [0.717, 1.165) is 0 Å². The van der Waals surface area contributed by atoms with Crippen LogP contribution in [0.1, 0.15) is 16.8 Å². The van der Waals surface area contributed by atoms with Gasteiger partial charge in [0.1, 0.15) is 11.9 Å². The van der Waals surface area contributed by atoms with E-state index in [1.54, 1.807) is 7.05 Å². The third-order valence-electron chi connectivity index (χ3n) is 2.93. The summed E-state index contributed by atoms with van der Waals surface area (Å²) in [5, 5.41) is 2.54. The first-order valence-corrected chi connectivity index (χ1v) is 5.98. The second-order valence-electron chi connectivity index (χ2n) is 4.24.